The maximum Gasteiger partial charge on any atom is 0.148 e. The molecule has 56 valence electrons. The van der Waals surface area contributed by atoms with Gasteiger partial charge in [-0.25, -0.2) is 0 Å². The van der Waals surface area contributed by atoms with Gasteiger partial charge in [-0.05, 0) is 18.6 Å². The predicted molar refractivity (Wildman–Crippen MR) is 45.5 cm³/mol. The SMILES string of the molecule is C#CCOc1ccccc1C. The molecular formula is C10H10O. The van der Waals surface area contributed by atoms with Gasteiger partial charge < -0.3 is 4.74 Å². The van der Waals surface area contributed by atoms with Gasteiger partial charge in [0, 0.05) is 0 Å². The third-order valence-electron chi connectivity index (χ3n) is 1.40. The first kappa shape index (κ1) is 7.68. The number of hydrogen-bond acceptors (Lipinski definition) is 1. The van der Waals surface area contributed by atoms with Gasteiger partial charge in [-0.3, -0.25) is 0 Å². The number of hydrogen-bond donors (Lipinski definition) is 0. The van der Waals surface area contributed by atoms with Crippen molar-refractivity contribution in [1.82, 2.24) is 0 Å². The highest BCUT2D eigenvalue weighted by atomic mass is 16.5. The van der Waals surface area contributed by atoms with Gasteiger partial charge in [-0.2, -0.15) is 0 Å². The fraction of sp³-hybridized carbons (Fsp3) is 0.200. The zero-order chi connectivity index (χ0) is 8.10. The van der Waals surface area contributed by atoms with Crippen LogP contribution in [0.2, 0.25) is 0 Å². The fourth-order valence-electron chi connectivity index (χ4n) is 0.838. The Bertz CT molecular complexity index is 270. The van der Waals surface area contributed by atoms with E-state index in [1.807, 2.05) is 31.2 Å². The van der Waals surface area contributed by atoms with Gasteiger partial charge in [0.25, 0.3) is 0 Å². The first-order chi connectivity index (χ1) is 5.34. The molecule has 0 spiro atoms. The van der Waals surface area contributed by atoms with E-state index in [1.54, 1.807) is 0 Å². The van der Waals surface area contributed by atoms with Crippen LogP contribution in [0, 0.1) is 19.3 Å². The molecule has 0 saturated carbocycles. The molecule has 0 aliphatic rings. The molecule has 11 heavy (non-hydrogen) atoms. The summed E-state index contributed by atoms with van der Waals surface area (Å²) in [5, 5.41) is 0. The molecular weight excluding hydrogens is 136 g/mol. The molecule has 0 heterocycles. The summed E-state index contributed by atoms with van der Waals surface area (Å²) in [7, 11) is 0. The first-order valence-corrected chi connectivity index (χ1v) is 3.46. The second kappa shape index (κ2) is 3.68. The minimum atomic E-state index is 0.338. The summed E-state index contributed by atoms with van der Waals surface area (Å²) in [6, 6.07) is 7.80. The maximum atomic E-state index is 5.25. The van der Waals surface area contributed by atoms with Gasteiger partial charge in [0.1, 0.15) is 12.4 Å². The van der Waals surface area contributed by atoms with Crippen LogP contribution in [0.15, 0.2) is 24.3 Å². The van der Waals surface area contributed by atoms with Crippen LogP contribution in [-0.4, -0.2) is 6.61 Å². The summed E-state index contributed by atoms with van der Waals surface area (Å²) in [5.41, 5.74) is 1.11. The zero-order valence-electron chi connectivity index (χ0n) is 6.50. The number of para-hydroxylation sites is 1. The van der Waals surface area contributed by atoms with Crippen molar-refractivity contribution in [2.24, 2.45) is 0 Å². The molecule has 0 unspecified atom stereocenters. The van der Waals surface area contributed by atoms with E-state index in [2.05, 4.69) is 5.92 Å². The molecule has 0 bridgehead atoms. The molecule has 1 aromatic rings. The normalized spacial score (nSPS) is 8.73. The Kier molecular flexibility index (Phi) is 2.57. The van der Waals surface area contributed by atoms with Crippen LogP contribution in [0.5, 0.6) is 5.75 Å². The van der Waals surface area contributed by atoms with Crippen molar-refractivity contribution in [3.8, 4) is 18.1 Å². The molecule has 0 saturated heterocycles. The van der Waals surface area contributed by atoms with Gasteiger partial charge in [0.2, 0.25) is 0 Å². The van der Waals surface area contributed by atoms with Crippen LogP contribution in [-0.2, 0) is 0 Å². The molecule has 1 nitrogen and oxygen atoms in total. The largest absolute Gasteiger partial charge is 0.481 e. The van der Waals surface area contributed by atoms with Gasteiger partial charge in [0.15, 0.2) is 0 Å². The Labute approximate surface area is 67.0 Å². The van der Waals surface area contributed by atoms with E-state index >= 15 is 0 Å². The smallest absolute Gasteiger partial charge is 0.148 e. The third kappa shape index (κ3) is 2.01. The van der Waals surface area contributed by atoms with E-state index in [-0.39, 0.29) is 0 Å². The average Bonchev–Trinajstić information content (AvgIpc) is 2.03. The second-order valence-electron chi connectivity index (χ2n) is 2.26. The van der Waals surface area contributed by atoms with Crippen molar-refractivity contribution in [1.29, 1.82) is 0 Å². The number of benzene rings is 1. The Hall–Kier alpha value is -1.42. The fourth-order valence-corrected chi connectivity index (χ4v) is 0.838. The Balaban J connectivity index is 2.71. The van der Waals surface area contributed by atoms with Crippen LogP contribution in [0.1, 0.15) is 5.56 Å². The highest BCUT2D eigenvalue weighted by Crippen LogP contribution is 2.15. The van der Waals surface area contributed by atoms with E-state index in [4.69, 9.17) is 11.2 Å². The molecule has 0 fully saturated rings. The molecule has 1 heteroatoms. The molecule has 0 aliphatic carbocycles. The number of aryl methyl sites for hydroxylation is 1. The van der Waals surface area contributed by atoms with E-state index < -0.39 is 0 Å². The number of terminal acetylenes is 1. The quantitative estimate of drug-likeness (QED) is 0.580. The third-order valence-corrected chi connectivity index (χ3v) is 1.40. The van der Waals surface area contributed by atoms with Crippen molar-refractivity contribution >= 4 is 0 Å². The van der Waals surface area contributed by atoms with Crippen LogP contribution < -0.4 is 4.74 Å². The molecule has 0 amide bonds. The summed E-state index contributed by atoms with van der Waals surface area (Å²) in [5.74, 6) is 3.29. The molecule has 1 aromatic carbocycles. The Morgan fingerprint density at radius 2 is 2.18 bits per heavy atom. The van der Waals surface area contributed by atoms with Crippen LogP contribution in [0.4, 0.5) is 0 Å². The monoisotopic (exact) mass is 146 g/mol. The van der Waals surface area contributed by atoms with Crippen LogP contribution in [0.3, 0.4) is 0 Å². The molecule has 0 aromatic heterocycles. The van der Waals surface area contributed by atoms with Gasteiger partial charge in [-0.1, -0.05) is 24.1 Å². The lowest BCUT2D eigenvalue weighted by atomic mass is 10.2. The van der Waals surface area contributed by atoms with Crippen molar-refractivity contribution in [2.75, 3.05) is 6.61 Å². The molecule has 0 aliphatic heterocycles. The first-order valence-electron chi connectivity index (χ1n) is 3.46. The zero-order valence-corrected chi connectivity index (χ0v) is 6.50. The van der Waals surface area contributed by atoms with Gasteiger partial charge in [-0.15, -0.1) is 6.42 Å². The summed E-state index contributed by atoms with van der Waals surface area (Å²) >= 11 is 0. The summed E-state index contributed by atoms with van der Waals surface area (Å²) in [6.07, 6.45) is 5.05. The van der Waals surface area contributed by atoms with Crippen molar-refractivity contribution < 1.29 is 4.74 Å². The molecule has 0 N–H and O–H groups in total. The average molecular weight is 146 g/mol. The van der Waals surface area contributed by atoms with Gasteiger partial charge >= 0.3 is 0 Å². The lowest BCUT2D eigenvalue weighted by molar-refractivity contribution is 0.368. The second-order valence-corrected chi connectivity index (χ2v) is 2.26. The molecule has 0 atom stereocenters. The number of ether oxygens (including phenoxy) is 1. The summed E-state index contributed by atoms with van der Waals surface area (Å²) < 4.78 is 5.25. The van der Waals surface area contributed by atoms with E-state index in [9.17, 15) is 0 Å². The van der Waals surface area contributed by atoms with E-state index in [0.29, 0.717) is 6.61 Å². The highest BCUT2D eigenvalue weighted by molar-refractivity contribution is 5.31. The number of rotatable bonds is 2. The van der Waals surface area contributed by atoms with Crippen LogP contribution >= 0.6 is 0 Å². The standard InChI is InChI=1S/C10H10O/c1-3-8-11-10-7-5-4-6-9(10)2/h1,4-7H,8H2,2H3. The molecule has 0 radical (unpaired) electrons. The lowest BCUT2D eigenvalue weighted by Crippen LogP contribution is -1.94. The summed E-state index contributed by atoms with van der Waals surface area (Å²) in [4.78, 5) is 0. The van der Waals surface area contributed by atoms with Crippen molar-refractivity contribution in [3.05, 3.63) is 29.8 Å². The highest BCUT2D eigenvalue weighted by Gasteiger charge is 1.93. The van der Waals surface area contributed by atoms with Crippen molar-refractivity contribution in [3.63, 3.8) is 0 Å². The minimum absolute atomic E-state index is 0.338. The van der Waals surface area contributed by atoms with Gasteiger partial charge in [0.05, 0.1) is 0 Å². The van der Waals surface area contributed by atoms with Crippen LogP contribution in [0.25, 0.3) is 0 Å². The predicted octanol–water partition coefficient (Wildman–Crippen LogP) is 2.01. The van der Waals surface area contributed by atoms with E-state index in [0.717, 1.165) is 11.3 Å². The van der Waals surface area contributed by atoms with E-state index in [1.165, 1.54) is 0 Å². The maximum absolute atomic E-state index is 5.25. The Morgan fingerprint density at radius 3 is 2.82 bits per heavy atom. The van der Waals surface area contributed by atoms with Crippen molar-refractivity contribution in [2.45, 2.75) is 6.92 Å². The Morgan fingerprint density at radius 1 is 1.45 bits per heavy atom. The summed E-state index contributed by atoms with van der Waals surface area (Å²) in [6.45, 7) is 2.33. The molecule has 1 rings (SSSR count). The minimum Gasteiger partial charge on any atom is -0.481 e. The lowest BCUT2D eigenvalue weighted by Gasteiger charge is -2.03. The topological polar surface area (TPSA) is 9.23 Å².